The zero-order valence-corrected chi connectivity index (χ0v) is 13.8. The van der Waals surface area contributed by atoms with Crippen LogP contribution in [0.5, 0.6) is 0 Å². The van der Waals surface area contributed by atoms with Crippen LogP contribution in [0.3, 0.4) is 0 Å². The minimum Gasteiger partial charge on any atom is -0.396 e. The third-order valence-electron chi connectivity index (χ3n) is 4.03. The Morgan fingerprint density at radius 3 is 1.63 bits per heavy atom. The lowest BCUT2D eigenvalue weighted by molar-refractivity contribution is 0.195. The molecule has 1 heteroatoms. The van der Waals surface area contributed by atoms with Gasteiger partial charge in [0.2, 0.25) is 0 Å². The van der Waals surface area contributed by atoms with Gasteiger partial charge in [-0.3, -0.25) is 0 Å². The van der Waals surface area contributed by atoms with E-state index >= 15 is 0 Å². The number of aliphatic hydroxyl groups excluding tert-OH is 1. The highest BCUT2D eigenvalue weighted by atomic mass is 16.3. The van der Waals surface area contributed by atoms with Gasteiger partial charge >= 0.3 is 0 Å². The van der Waals surface area contributed by atoms with Gasteiger partial charge in [0.25, 0.3) is 0 Å². The first-order chi connectivity index (χ1) is 9.20. The summed E-state index contributed by atoms with van der Waals surface area (Å²) in [5.74, 6) is 1.27. The summed E-state index contributed by atoms with van der Waals surface area (Å²) in [6, 6.07) is 0. The summed E-state index contributed by atoms with van der Waals surface area (Å²) in [7, 11) is 0. The van der Waals surface area contributed by atoms with Crippen molar-refractivity contribution in [3.63, 3.8) is 0 Å². The van der Waals surface area contributed by atoms with Crippen molar-refractivity contribution in [1.29, 1.82) is 0 Å². The quantitative estimate of drug-likeness (QED) is 0.387. The Bertz CT molecular complexity index is 165. The normalized spacial score (nSPS) is 13.1. The average molecular weight is 271 g/mol. The Labute approximate surface area is 122 Å². The maximum absolute atomic E-state index is 9.32. The van der Waals surface area contributed by atoms with E-state index in [2.05, 4.69) is 20.8 Å². The van der Waals surface area contributed by atoms with Crippen LogP contribution in [-0.2, 0) is 0 Å². The number of aliphatic hydroxyl groups is 1. The molecule has 0 radical (unpaired) electrons. The SMILES string of the molecule is CCCCCCCCCCCC[C@H](CO)CC(C)C. The van der Waals surface area contributed by atoms with Gasteiger partial charge in [-0.15, -0.1) is 0 Å². The Balaban J connectivity index is 3.21. The Hall–Kier alpha value is -0.0400. The molecular formula is C18H38O. The molecule has 0 unspecified atom stereocenters. The first-order valence-corrected chi connectivity index (χ1v) is 8.81. The van der Waals surface area contributed by atoms with E-state index in [4.69, 9.17) is 0 Å². The highest BCUT2D eigenvalue weighted by molar-refractivity contribution is 4.60. The van der Waals surface area contributed by atoms with E-state index in [0.717, 1.165) is 5.92 Å². The van der Waals surface area contributed by atoms with Crippen molar-refractivity contribution in [2.75, 3.05) is 6.61 Å². The lowest BCUT2D eigenvalue weighted by Crippen LogP contribution is -2.09. The van der Waals surface area contributed by atoms with Crippen LogP contribution < -0.4 is 0 Å². The zero-order valence-electron chi connectivity index (χ0n) is 13.8. The van der Waals surface area contributed by atoms with Gasteiger partial charge in [-0.25, -0.2) is 0 Å². The predicted octanol–water partition coefficient (Wildman–Crippen LogP) is 5.95. The Morgan fingerprint density at radius 2 is 1.21 bits per heavy atom. The second-order valence-electron chi connectivity index (χ2n) is 6.65. The molecular weight excluding hydrogens is 232 g/mol. The van der Waals surface area contributed by atoms with Gasteiger partial charge in [0.15, 0.2) is 0 Å². The Morgan fingerprint density at radius 1 is 0.737 bits per heavy atom. The van der Waals surface area contributed by atoms with E-state index in [-0.39, 0.29) is 0 Å². The van der Waals surface area contributed by atoms with Gasteiger partial charge in [0.1, 0.15) is 0 Å². The van der Waals surface area contributed by atoms with Crippen molar-refractivity contribution in [3.05, 3.63) is 0 Å². The van der Waals surface area contributed by atoms with Crippen LogP contribution in [0, 0.1) is 11.8 Å². The topological polar surface area (TPSA) is 20.2 Å². The van der Waals surface area contributed by atoms with Crippen molar-refractivity contribution >= 4 is 0 Å². The fraction of sp³-hybridized carbons (Fsp3) is 1.00. The minimum absolute atomic E-state index is 0.385. The molecule has 19 heavy (non-hydrogen) atoms. The summed E-state index contributed by atoms with van der Waals surface area (Å²) in [6.45, 7) is 7.16. The number of rotatable bonds is 14. The van der Waals surface area contributed by atoms with Crippen molar-refractivity contribution in [1.82, 2.24) is 0 Å². The molecule has 0 aliphatic rings. The standard InChI is InChI=1S/C18H38O/c1-4-5-6-7-8-9-10-11-12-13-14-18(16-19)15-17(2)3/h17-19H,4-16H2,1-3H3/t18-/m0/s1. The molecule has 0 bridgehead atoms. The van der Waals surface area contributed by atoms with Crippen LogP contribution in [-0.4, -0.2) is 11.7 Å². The van der Waals surface area contributed by atoms with E-state index in [1.54, 1.807) is 0 Å². The minimum atomic E-state index is 0.385. The maximum Gasteiger partial charge on any atom is 0.0459 e. The third kappa shape index (κ3) is 14.2. The molecule has 0 saturated heterocycles. The lowest BCUT2D eigenvalue weighted by Gasteiger charge is -2.16. The van der Waals surface area contributed by atoms with Gasteiger partial charge in [-0.2, -0.15) is 0 Å². The summed E-state index contributed by atoms with van der Waals surface area (Å²) in [5, 5.41) is 9.32. The molecule has 0 fully saturated rings. The summed E-state index contributed by atoms with van der Waals surface area (Å²) < 4.78 is 0. The van der Waals surface area contributed by atoms with Gasteiger partial charge in [0, 0.05) is 6.61 Å². The highest BCUT2D eigenvalue weighted by Crippen LogP contribution is 2.19. The molecule has 1 atom stereocenters. The summed E-state index contributed by atoms with van der Waals surface area (Å²) in [5.41, 5.74) is 0. The summed E-state index contributed by atoms with van der Waals surface area (Å²) in [4.78, 5) is 0. The lowest BCUT2D eigenvalue weighted by atomic mass is 9.92. The van der Waals surface area contributed by atoms with Crippen LogP contribution in [0.2, 0.25) is 0 Å². The fourth-order valence-corrected chi connectivity index (χ4v) is 2.87. The zero-order chi connectivity index (χ0) is 14.3. The molecule has 0 aromatic heterocycles. The van der Waals surface area contributed by atoms with Crippen molar-refractivity contribution in [2.45, 2.75) is 97.8 Å². The number of hydrogen-bond acceptors (Lipinski definition) is 1. The van der Waals surface area contributed by atoms with Gasteiger partial charge in [-0.1, -0.05) is 85.0 Å². The first kappa shape index (κ1) is 19.0. The summed E-state index contributed by atoms with van der Waals surface area (Å²) in [6.07, 6.45) is 16.4. The molecule has 0 aliphatic heterocycles. The molecule has 0 saturated carbocycles. The fourth-order valence-electron chi connectivity index (χ4n) is 2.87. The van der Waals surface area contributed by atoms with Crippen molar-refractivity contribution in [3.8, 4) is 0 Å². The smallest absolute Gasteiger partial charge is 0.0459 e. The maximum atomic E-state index is 9.32. The molecule has 0 amide bonds. The van der Waals surface area contributed by atoms with Crippen molar-refractivity contribution < 1.29 is 5.11 Å². The van der Waals surface area contributed by atoms with Crippen LogP contribution in [0.1, 0.15) is 97.8 Å². The molecule has 0 heterocycles. The Kier molecular flexibility index (Phi) is 14.3. The number of unbranched alkanes of at least 4 members (excludes halogenated alkanes) is 9. The van der Waals surface area contributed by atoms with Crippen LogP contribution in [0.15, 0.2) is 0 Å². The van der Waals surface area contributed by atoms with E-state index < -0.39 is 0 Å². The van der Waals surface area contributed by atoms with E-state index in [1.807, 2.05) is 0 Å². The average Bonchev–Trinajstić information content (AvgIpc) is 2.39. The molecule has 116 valence electrons. The molecule has 0 aromatic rings. The van der Waals surface area contributed by atoms with E-state index in [1.165, 1.54) is 77.0 Å². The summed E-state index contributed by atoms with van der Waals surface area (Å²) >= 11 is 0. The van der Waals surface area contributed by atoms with E-state index in [9.17, 15) is 5.11 Å². The molecule has 0 aromatic carbocycles. The largest absolute Gasteiger partial charge is 0.396 e. The molecule has 1 nitrogen and oxygen atoms in total. The molecule has 1 N–H and O–H groups in total. The highest BCUT2D eigenvalue weighted by Gasteiger charge is 2.08. The molecule has 0 aliphatic carbocycles. The van der Waals surface area contributed by atoms with Crippen LogP contribution in [0.25, 0.3) is 0 Å². The predicted molar refractivity (Wildman–Crippen MR) is 86.5 cm³/mol. The second-order valence-corrected chi connectivity index (χ2v) is 6.65. The van der Waals surface area contributed by atoms with Gasteiger partial charge < -0.3 is 5.11 Å². The molecule has 0 rings (SSSR count). The van der Waals surface area contributed by atoms with Crippen LogP contribution >= 0.6 is 0 Å². The van der Waals surface area contributed by atoms with Gasteiger partial charge in [0.05, 0.1) is 0 Å². The monoisotopic (exact) mass is 270 g/mol. The van der Waals surface area contributed by atoms with E-state index in [0.29, 0.717) is 12.5 Å². The number of hydrogen-bond donors (Lipinski definition) is 1. The van der Waals surface area contributed by atoms with Crippen molar-refractivity contribution in [2.24, 2.45) is 11.8 Å². The second kappa shape index (κ2) is 14.4. The van der Waals surface area contributed by atoms with Gasteiger partial charge in [-0.05, 0) is 24.7 Å². The third-order valence-corrected chi connectivity index (χ3v) is 4.03. The first-order valence-electron chi connectivity index (χ1n) is 8.81. The molecule has 0 spiro atoms. The van der Waals surface area contributed by atoms with Crippen LogP contribution in [0.4, 0.5) is 0 Å².